The van der Waals surface area contributed by atoms with Crippen molar-refractivity contribution in [1.29, 1.82) is 0 Å². The molecule has 1 aliphatic rings. The molecule has 1 fully saturated rings. The molecule has 1 aliphatic heterocycles. The highest BCUT2D eigenvalue weighted by molar-refractivity contribution is 5.63. The summed E-state index contributed by atoms with van der Waals surface area (Å²) in [5, 5.41) is 0. The summed E-state index contributed by atoms with van der Waals surface area (Å²) in [5.74, 6) is -1.39. The fourth-order valence-corrected chi connectivity index (χ4v) is 2.66. The van der Waals surface area contributed by atoms with Crippen LogP contribution in [-0.2, 0) is 9.47 Å². The molecule has 2 aromatic rings. The van der Waals surface area contributed by atoms with Gasteiger partial charge in [0, 0.05) is 11.5 Å². The smallest absolute Gasteiger partial charge is 0.183 e. The van der Waals surface area contributed by atoms with Gasteiger partial charge in [-0.15, -0.1) is 0 Å². The Bertz CT molecular complexity index is 702. The summed E-state index contributed by atoms with van der Waals surface area (Å²) < 4.78 is 37.9. The lowest BCUT2D eigenvalue weighted by molar-refractivity contribution is -0.197. The molecule has 0 saturated carbocycles. The fraction of sp³-hybridized carbons (Fsp3) is 0.300. The van der Waals surface area contributed by atoms with E-state index in [4.69, 9.17) is 9.47 Å². The molecule has 0 bridgehead atoms. The highest BCUT2D eigenvalue weighted by atomic mass is 19.2. The van der Waals surface area contributed by atoms with E-state index >= 15 is 0 Å². The van der Waals surface area contributed by atoms with Crippen molar-refractivity contribution in [3.05, 3.63) is 71.8 Å². The monoisotopic (exact) mass is 330 g/mol. The van der Waals surface area contributed by atoms with E-state index in [0.29, 0.717) is 24.7 Å². The van der Waals surface area contributed by atoms with Crippen LogP contribution in [0, 0.1) is 17.6 Å². The molecule has 0 N–H and O–H groups in total. The number of benzene rings is 2. The maximum Gasteiger partial charge on any atom is 0.183 e. The molecule has 0 aliphatic carbocycles. The molecule has 2 aromatic carbocycles. The molecule has 0 aromatic heterocycles. The molecule has 2 nitrogen and oxygen atoms in total. The van der Waals surface area contributed by atoms with Gasteiger partial charge in [0.2, 0.25) is 0 Å². The Labute approximate surface area is 140 Å². The Morgan fingerprint density at radius 2 is 1.62 bits per heavy atom. The summed E-state index contributed by atoms with van der Waals surface area (Å²) in [6.07, 6.45) is 4.87. The zero-order valence-corrected chi connectivity index (χ0v) is 13.5. The third-order valence-electron chi connectivity index (χ3n) is 4.00. The van der Waals surface area contributed by atoms with Crippen molar-refractivity contribution >= 4 is 0 Å². The van der Waals surface area contributed by atoms with Gasteiger partial charge >= 0.3 is 0 Å². The zero-order chi connectivity index (χ0) is 16.9. The number of rotatable bonds is 4. The van der Waals surface area contributed by atoms with Crippen molar-refractivity contribution < 1.29 is 18.3 Å². The number of ether oxygens (including phenoxy) is 2. The van der Waals surface area contributed by atoms with E-state index in [9.17, 15) is 8.78 Å². The minimum atomic E-state index is -0.846. The molecule has 24 heavy (non-hydrogen) atoms. The maximum atomic E-state index is 13.3. The van der Waals surface area contributed by atoms with Gasteiger partial charge in [0.25, 0.3) is 0 Å². The molecule has 1 saturated heterocycles. The largest absolute Gasteiger partial charge is 0.348 e. The number of allylic oxidation sites excluding steroid dienone is 1. The molecule has 0 unspecified atom stereocenters. The minimum absolute atomic E-state index is 0.294. The maximum absolute atomic E-state index is 13.3. The first-order valence-electron chi connectivity index (χ1n) is 8.12. The summed E-state index contributed by atoms with van der Waals surface area (Å²) >= 11 is 0. The van der Waals surface area contributed by atoms with Crippen LogP contribution in [0.1, 0.15) is 25.2 Å². The average molecular weight is 330 g/mol. The van der Waals surface area contributed by atoms with Crippen molar-refractivity contribution in [2.75, 3.05) is 13.2 Å². The van der Waals surface area contributed by atoms with Gasteiger partial charge in [0.05, 0.1) is 13.2 Å². The van der Waals surface area contributed by atoms with Crippen molar-refractivity contribution in [3.8, 4) is 11.1 Å². The Morgan fingerprint density at radius 3 is 2.25 bits per heavy atom. The van der Waals surface area contributed by atoms with Crippen molar-refractivity contribution in [3.63, 3.8) is 0 Å². The molecule has 1 heterocycles. The van der Waals surface area contributed by atoms with E-state index in [1.807, 2.05) is 24.3 Å². The lowest BCUT2D eigenvalue weighted by atomic mass is 10.0. The predicted octanol–water partition coefficient (Wildman–Crippen LogP) is 5.26. The van der Waals surface area contributed by atoms with Crippen LogP contribution in [0.2, 0.25) is 0 Å². The molecule has 3 rings (SSSR count). The predicted molar refractivity (Wildman–Crippen MR) is 89.4 cm³/mol. The van der Waals surface area contributed by atoms with Gasteiger partial charge in [-0.2, -0.15) is 0 Å². The lowest BCUT2D eigenvalue weighted by Gasteiger charge is -2.28. The van der Waals surface area contributed by atoms with Gasteiger partial charge in [-0.25, -0.2) is 8.78 Å². The van der Waals surface area contributed by atoms with Gasteiger partial charge in [-0.3, -0.25) is 0 Å². The van der Waals surface area contributed by atoms with Crippen LogP contribution in [0.5, 0.6) is 0 Å². The van der Waals surface area contributed by atoms with E-state index in [2.05, 4.69) is 19.1 Å². The number of hydrogen-bond donors (Lipinski definition) is 0. The van der Waals surface area contributed by atoms with Crippen LogP contribution in [-0.4, -0.2) is 13.2 Å². The third kappa shape index (κ3) is 3.89. The quantitative estimate of drug-likeness (QED) is 0.712. The van der Waals surface area contributed by atoms with Gasteiger partial charge in [0.1, 0.15) is 0 Å². The number of halogens is 2. The number of hydrogen-bond acceptors (Lipinski definition) is 2. The fourth-order valence-electron chi connectivity index (χ4n) is 2.66. The Hall–Kier alpha value is -2.04. The van der Waals surface area contributed by atoms with Crippen LogP contribution >= 0.6 is 0 Å². The molecule has 0 radical (unpaired) electrons. The highest BCUT2D eigenvalue weighted by Gasteiger charge is 2.21. The summed E-state index contributed by atoms with van der Waals surface area (Å²) in [6.45, 7) is 3.36. The zero-order valence-electron chi connectivity index (χ0n) is 13.5. The Balaban J connectivity index is 1.67. The second-order valence-corrected chi connectivity index (χ2v) is 5.85. The van der Waals surface area contributed by atoms with E-state index in [1.165, 1.54) is 6.07 Å². The van der Waals surface area contributed by atoms with Crippen LogP contribution in [0.15, 0.2) is 54.6 Å². The average Bonchev–Trinajstić information content (AvgIpc) is 2.63. The minimum Gasteiger partial charge on any atom is -0.348 e. The third-order valence-corrected chi connectivity index (χ3v) is 4.00. The summed E-state index contributed by atoms with van der Waals surface area (Å²) in [7, 11) is 0. The Kier molecular flexibility index (Phi) is 5.38. The standard InChI is InChI=1S/C20H20F2O2/c1-2-3-4-14-12-23-20(24-13-14)16-7-5-15(6-8-16)17-9-10-18(21)19(22)11-17/h3-11,14,20H,2,12-13H2,1H3. The van der Waals surface area contributed by atoms with Gasteiger partial charge in [0.15, 0.2) is 17.9 Å². The summed E-state index contributed by atoms with van der Waals surface area (Å²) in [6, 6.07) is 11.4. The van der Waals surface area contributed by atoms with Crippen molar-refractivity contribution in [2.24, 2.45) is 5.92 Å². The summed E-state index contributed by atoms with van der Waals surface area (Å²) in [4.78, 5) is 0. The van der Waals surface area contributed by atoms with Crippen molar-refractivity contribution in [1.82, 2.24) is 0 Å². The van der Waals surface area contributed by atoms with Crippen LogP contribution < -0.4 is 0 Å². The molecule has 0 spiro atoms. The first kappa shape index (κ1) is 16.8. The SMILES string of the molecule is CCC=CC1COC(c2ccc(-c3ccc(F)c(F)c3)cc2)OC1. The Morgan fingerprint density at radius 1 is 0.958 bits per heavy atom. The molecule has 4 heteroatoms. The van der Waals surface area contributed by atoms with Crippen LogP contribution in [0.4, 0.5) is 8.78 Å². The van der Waals surface area contributed by atoms with E-state index < -0.39 is 11.6 Å². The van der Waals surface area contributed by atoms with Gasteiger partial charge < -0.3 is 9.47 Å². The van der Waals surface area contributed by atoms with Gasteiger partial charge in [-0.05, 0) is 29.7 Å². The summed E-state index contributed by atoms with van der Waals surface area (Å²) in [5.41, 5.74) is 2.37. The van der Waals surface area contributed by atoms with Gasteiger partial charge in [-0.1, -0.05) is 49.4 Å². The van der Waals surface area contributed by atoms with Crippen LogP contribution in [0.25, 0.3) is 11.1 Å². The molecular weight excluding hydrogens is 310 g/mol. The highest BCUT2D eigenvalue weighted by Crippen LogP contribution is 2.28. The first-order chi connectivity index (χ1) is 11.7. The van der Waals surface area contributed by atoms with E-state index in [-0.39, 0.29) is 6.29 Å². The molecule has 0 atom stereocenters. The second kappa shape index (κ2) is 7.69. The second-order valence-electron chi connectivity index (χ2n) is 5.85. The normalized spacial score (nSPS) is 21.3. The lowest BCUT2D eigenvalue weighted by Crippen LogP contribution is -2.25. The topological polar surface area (TPSA) is 18.5 Å². The van der Waals surface area contributed by atoms with Crippen LogP contribution in [0.3, 0.4) is 0 Å². The van der Waals surface area contributed by atoms with E-state index in [0.717, 1.165) is 23.6 Å². The molecule has 126 valence electrons. The molecular formula is C20H20F2O2. The van der Waals surface area contributed by atoms with E-state index in [1.54, 1.807) is 6.07 Å². The first-order valence-corrected chi connectivity index (χ1v) is 8.12. The van der Waals surface area contributed by atoms with Crippen molar-refractivity contribution in [2.45, 2.75) is 19.6 Å². The molecule has 0 amide bonds.